The number of rotatable bonds is 5. The minimum absolute atomic E-state index is 0.130. The van der Waals surface area contributed by atoms with Gasteiger partial charge >= 0.3 is 0 Å². The van der Waals surface area contributed by atoms with Gasteiger partial charge in [-0.15, -0.1) is 5.10 Å². The first-order chi connectivity index (χ1) is 16.6. The molecular formula is C26H20N6O2. The first-order valence-electron chi connectivity index (χ1n) is 10.6. The van der Waals surface area contributed by atoms with Crippen molar-refractivity contribution in [1.29, 1.82) is 0 Å². The zero-order chi connectivity index (χ0) is 23.5. The standard InChI is InChI=1S/C26H20N6O2/c1-16-11-12-19(15-22(16)28-24(33)18-8-3-2-4-9-18)25(34)30-26-29-23(31-32-26)21-14-13-17-7-5-6-10-20(17)27-21/h2-15H,1H3,(H,28,33)(H2,29,30,31,32,34). The van der Waals surface area contributed by atoms with Crippen LogP contribution in [0.1, 0.15) is 26.3 Å². The van der Waals surface area contributed by atoms with Crippen LogP contribution in [-0.4, -0.2) is 32.0 Å². The van der Waals surface area contributed by atoms with E-state index in [0.29, 0.717) is 28.3 Å². The molecule has 2 heterocycles. The number of pyridine rings is 1. The van der Waals surface area contributed by atoms with E-state index in [1.807, 2.05) is 49.4 Å². The molecule has 8 nitrogen and oxygen atoms in total. The van der Waals surface area contributed by atoms with Gasteiger partial charge in [-0.25, -0.2) is 4.98 Å². The molecule has 8 heteroatoms. The molecule has 3 N–H and O–H groups in total. The molecule has 34 heavy (non-hydrogen) atoms. The fourth-order valence-corrected chi connectivity index (χ4v) is 3.49. The quantitative estimate of drug-likeness (QED) is 0.356. The number of carbonyl (C=O) groups is 2. The normalized spacial score (nSPS) is 10.7. The van der Waals surface area contributed by atoms with Crippen LogP contribution < -0.4 is 10.6 Å². The molecule has 0 unspecified atom stereocenters. The van der Waals surface area contributed by atoms with Crippen LogP contribution >= 0.6 is 0 Å². The van der Waals surface area contributed by atoms with Gasteiger partial charge in [0.05, 0.1) is 5.52 Å². The van der Waals surface area contributed by atoms with E-state index >= 15 is 0 Å². The summed E-state index contributed by atoms with van der Waals surface area (Å²) >= 11 is 0. The van der Waals surface area contributed by atoms with Crippen LogP contribution in [0.25, 0.3) is 22.4 Å². The lowest BCUT2D eigenvalue weighted by Crippen LogP contribution is -2.16. The summed E-state index contributed by atoms with van der Waals surface area (Å²) in [7, 11) is 0. The Bertz CT molecular complexity index is 1510. The topological polar surface area (TPSA) is 113 Å². The van der Waals surface area contributed by atoms with Crippen molar-refractivity contribution in [2.24, 2.45) is 0 Å². The molecule has 5 rings (SSSR count). The summed E-state index contributed by atoms with van der Waals surface area (Å²) in [5.41, 5.74) is 3.75. The van der Waals surface area contributed by atoms with Crippen LogP contribution in [-0.2, 0) is 0 Å². The first-order valence-corrected chi connectivity index (χ1v) is 10.6. The van der Waals surface area contributed by atoms with Gasteiger partial charge in [0.1, 0.15) is 5.69 Å². The smallest absolute Gasteiger partial charge is 0.258 e. The van der Waals surface area contributed by atoms with Crippen LogP contribution in [0.5, 0.6) is 0 Å². The van der Waals surface area contributed by atoms with Crippen molar-refractivity contribution < 1.29 is 9.59 Å². The molecular weight excluding hydrogens is 428 g/mol. The summed E-state index contributed by atoms with van der Waals surface area (Å²) < 4.78 is 0. The highest BCUT2D eigenvalue weighted by atomic mass is 16.2. The van der Waals surface area contributed by atoms with E-state index in [9.17, 15) is 9.59 Å². The van der Waals surface area contributed by atoms with Crippen molar-refractivity contribution in [3.05, 3.63) is 102 Å². The highest BCUT2D eigenvalue weighted by molar-refractivity contribution is 6.07. The number of benzene rings is 3. The summed E-state index contributed by atoms with van der Waals surface area (Å²) in [6.45, 7) is 1.86. The zero-order valence-corrected chi connectivity index (χ0v) is 18.2. The van der Waals surface area contributed by atoms with Gasteiger partial charge in [0.25, 0.3) is 11.8 Å². The Morgan fingerprint density at radius 1 is 0.765 bits per heavy atom. The largest absolute Gasteiger partial charge is 0.322 e. The van der Waals surface area contributed by atoms with Gasteiger partial charge < -0.3 is 5.32 Å². The lowest BCUT2D eigenvalue weighted by molar-refractivity contribution is 0.101. The number of nitrogens with zero attached hydrogens (tertiary/aromatic N) is 3. The molecule has 0 aliphatic carbocycles. The van der Waals surface area contributed by atoms with Crippen LogP contribution in [0.4, 0.5) is 11.6 Å². The lowest BCUT2D eigenvalue weighted by atomic mass is 10.1. The molecule has 2 amide bonds. The van der Waals surface area contributed by atoms with Crippen molar-refractivity contribution in [1.82, 2.24) is 20.2 Å². The summed E-state index contributed by atoms with van der Waals surface area (Å²) in [4.78, 5) is 34.3. The summed E-state index contributed by atoms with van der Waals surface area (Å²) in [5.74, 6) is -0.0684. The molecule has 0 bridgehead atoms. The second kappa shape index (κ2) is 8.95. The van der Waals surface area contributed by atoms with Crippen LogP contribution in [0.3, 0.4) is 0 Å². The highest BCUT2D eigenvalue weighted by Gasteiger charge is 2.14. The van der Waals surface area contributed by atoms with Crippen LogP contribution in [0.15, 0.2) is 84.9 Å². The van der Waals surface area contributed by atoms with Gasteiger partial charge in [0.15, 0.2) is 5.82 Å². The van der Waals surface area contributed by atoms with E-state index in [1.54, 1.807) is 42.5 Å². The van der Waals surface area contributed by atoms with Gasteiger partial charge in [0, 0.05) is 22.2 Å². The molecule has 3 aromatic carbocycles. The van der Waals surface area contributed by atoms with Gasteiger partial charge in [-0.05, 0) is 48.9 Å². The maximum absolute atomic E-state index is 12.8. The second-order valence-corrected chi connectivity index (χ2v) is 7.70. The SMILES string of the molecule is Cc1ccc(C(=O)Nc2n[nH]c(-c3ccc4ccccc4n3)n2)cc1NC(=O)c1ccccc1. The number of hydrogen-bond donors (Lipinski definition) is 3. The van der Waals surface area contributed by atoms with Crippen molar-refractivity contribution in [3.63, 3.8) is 0 Å². The Morgan fingerprint density at radius 2 is 1.53 bits per heavy atom. The number of hydrogen-bond acceptors (Lipinski definition) is 5. The Balaban J connectivity index is 1.32. The minimum Gasteiger partial charge on any atom is -0.322 e. The Labute approximate surface area is 195 Å². The molecule has 0 saturated carbocycles. The average molecular weight is 448 g/mol. The fourth-order valence-electron chi connectivity index (χ4n) is 3.49. The number of H-pyrrole nitrogens is 1. The van der Waals surface area contributed by atoms with Gasteiger partial charge in [-0.2, -0.15) is 4.98 Å². The van der Waals surface area contributed by atoms with E-state index in [1.165, 1.54) is 0 Å². The first kappa shape index (κ1) is 21.0. The third-order valence-corrected chi connectivity index (χ3v) is 5.34. The molecule has 5 aromatic rings. The van der Waals surface area contributed by atoms with Crippen molar-refractivity contribution in [2.45, 2.75) is 6.92 Å². The minimum atomic E-state index is -0.396. The molecule has 0 atom stereocenters. The average Bonchev–Trinajstić information content (AvgIpc) is 3.34. The number of anilines is 2. The van der Waals surface area contributed by atoms with E-state index in [4.69, 9.17) is 0 Å². The highest BCUT2D eigenvalue weighted by Crippen LogP contribution is 2.21. The molecule has 2 aromatic heterocycles. The molecule has 0 saturated heterocycles. The van der Waals surface area contributed by atoms with Crippen molar-refractivity contribution in [2.75, 3.05) is 10.6 Å². The number of para-hydroxylation sites is 1. The third kappa shape index (κ3) is 4.37. The third-order valence-electron chi connectivity index (χ3n) is 5.34. The summed E-state index contributed by atoms with van der Waals surface area (Å²) in [5, 5.41) is 13.5. The molecule has 0 aliphatic heterocycles. The molecule has 0 spiro atoms. The Morgan fingerprint density at radius 3 is 2.38 bits per heavy atom. The zero-order valence-electron chi connectivity index (χ0n) is 18.2. The fraction of sp³-hybridized carbons (Fsp3) is 0.0385. The molecule has 0 aliphatic rings. The monoisotopic (exact) mass is 448 g/mol. The van der Waals surface area contributed by atoms with Crippen molar-refractivity contribution in [3.8, 4) is 11.5 Å². The number of aromatic amines is 1. The number of aromatic nitrogens is 4. The van der Waals surface area contributed by atoms with Gasteiger partial charge in [0.2, 0.25) is 5.95 Å². The summed E-state index contributed by atoms with van der Waals surface area (Å²) in [6, 6.07) is 25.6. The Kier molecular flexibility index (Phi) is 5.53. The molecule has 0 radical (unpaired) electrons. The van der Waals surface area contributed by atoms with Gasteiger partial charge in [-0.3, -0.25) is 20.0 Å². The number of fused-ring (bicyclic) bond motifs is 1. The maximum Gasteiger partial charge on any atom is 0.258 e. The van der Waals surface area contributed by atoms with Crippen molar-refractivity contribution >= 4 is 34.4 Å². The molecule has 0 fully saturated rings. The van der Waals surface area contributed by atoms with E-state index in [2.05, 4.69) is 30.8 Å². The lowest BCUT2D eigenvalue weighted by Gasteiger charge is -2.10. The predicted molar refractivity (Wildman–Crippen MR) is 131 cm³/mol. The van der Waals surface area contributed by atoms with E-state index < -0.39 is 5.91 Å². The van der Waals surface area contributed by atoms with E-state index in [-0.39, 0.29) is 11.9 Å². The van der Waals surface area contributed by atoms with E-state index in [0.717, 1.165) is 16.5 Å². The van der Waals surface area contributed by atoms with Crippen LogP contribution in [0, 0.1) is 6.92 Å². The number of carbonyl (C=O) groups excluding carboxylic acids is 2. The number of aryl methyl sites for hydroxylation is 1. The number of amides is 2. The second-order valence-electron chi connectivity index (χ2n) is 7.70. The Hall–Kier alpha value is -4.85. The number of nitrogens with one attached hydrogen (secondary N) is 3. The predicted octanol–water partition coefficient (Wildman–Crippen LogP) is 4.83. The van der Waals surface area contributed by atoms with Crippen LogP contribution in [0.2, 0.25) is 0 Å². The molecule has 166 valence electrons. The summed E-state index contributed by atoms with van der Waals surface area (Å²) in [6.07, 6.45) is 0. The maximum atomic E-state index is 12.8. The van der Waals surface area contributed by atoms with Gasteiger partial charge in [-0.1, -0.05) is 48.5 Å².